The molecule has 1 N–H and O–H groups in total. The maximum Gasteiger partial charge on any atom is 0.321 e. The molecule has 10 heteroatoms. The zero-order chi connectivity index (χ0) is 21.8. The van der Waals surface area contributed by atoms with Crippen LogP contribution >= 0.6 is 34.7 Å². The molecule has 3 aromatic rings. The average molecular weight is 480 g/mol. The summed E-state index contributed by atoms with van der Waals surface area (Å²) in [7, 11) is 0. The fraction of sp³-hybridized carbons (Fsp3) is 0.286. The monoisotopic (exact) mass is 479 g/mol. The number of nitrogens with zero attached hydrogens (tertiary/aromatic N) is 4. The number of carbonyl (C=O) groups is 1. The van der Waals surface area contributed by atoms with Crippen molar-refractivity contribution in [1.29, 1.82) is 0 Å². The van der Waals surface area contributed by atoms with Crippen molar-refractivity contribution in [2.45, 2.75) is 12.8 Å². The van der Waals surface area contributed by atoms with Crippen molar-refractivity contribution in [3.63, 3.8) is 0 Å². The number of aromatic nitrogens is 2. The number of hydrogen-bond acceptors (Lipinski definition) is 5. The van der Waals surface area contributed by atoms with Crippen LogP contribution in [0.3, 0.4) is 0 Å². The highest BCUT2D eigenvalue weighted by Gasteiger charge is 2.22. The molecule has 0 radical (unpaired) electrons. The molecule has 1 saturated heterocycles. The Morgan fingerprint density at radius 2 is 1.81 bits per heavy atom. The van der Waals surface area contributed by atoms with Crippen molar-refractivity contribution in [2.75, 3.05) is 36.4 Å². The third-order valence-corrected chi connectivity index (χ3v) is 6.43. The van der Waals surface area contributed by atoms with E-state index in [0.29, 0.717) is 47.6 Å². The summed E-state index contributed by atoms with van der Waals surface area (Å²) in [6, 6.07) is 11.2. The molecule has 0 atom stereocenters. The first-order chi connectivity index (χ1) is 15.0. The van der Waals surface area contributed by atoms with Crippen molar-refractivity contribution in [3.8, 4) is 0 Å². The van der Waals surface area contributed by atoms with Gasteiger partial charge in [-0.25, -0.2) is 14.2 Å². The van der Waals surface area contributed by atoms with E-state index in [0.717, 1.165) is 23.7 Å². The molecule has 162 valence electrons. The van der Waals surface area contributed by atoms with Crippen LogP contribution < -0.4 is 10.2 Å². The molecule has 1 aliphatic heterocycles. The third-order valence-electron chi connectivity index (χ3n) is 4.98. The van der Waals surface area contributed by atoms with Crippen molar-refractivity contribution >= 4 is 51.6 Å². The SMILES string of the molecule is O=C(Nc1c(Cl)cccc1Cl)N1CCCN(c2nc(Cc3ccc(F)cc3)ns2)CC1. The first-order valence-corrected chi connectivity index (χ1v) is 11.3. The smallest absolute Gasteiger partial charge is 0.321 e. The molecule has 0 spiro atoms. The minimum absolute atomic E-state index is 0.230. The van der Waals surface area contributed by atoms with E-state index in [1.807, 2.05) is 0 Å². The Bertz CT molecular complexity index is 1040. The van der Waals surface area contributed by atoms with Crippen LogP contribution in [0.25, 0.3) is 0 Å². The zero-order valence-corrected chi connectivity index (χ0v) is 18.9. The van der Waals surface area contributed by atoms with E-state index in [9.17, 15) is 9.18 Å². The zero-order valence-electron chi connectivity index (χ0n) is 16.5. The summed E-state index contributed by atoms with van der Waals surface area (Å²) < 4.78 is 17.5. The Morgan fingerprint density at radius 3 is 2.55 bits per heavy atom. The van der Waals surface area contributed by atoms with Crippen molar-refractivity contribution < 1.29 is 9.18 Å². The van der Waals surface area contributed by atoms with Crippen LogP contribution in [0.2, 0.25) is 10.0 Å². The molecule has 0 aliphatic carbocycles. The van der Waals surface area contributed by atoms with Gasteiger partial charge in [0.25, 0.3) is 0 Å². The molecule has 4 rings (SSSR count). The van der Waals surface area contributed by atoms with Crippen molar-refractivity contribution in [1.82, 2.24) is 14.3 Å². The number of rotatable bonds is 4. The molecule has 1 fully saturated rings. The van der Waals surface area contributed by atoms with Crippen molar-refractivity contribution in [3.05, 3.63) is 69.7 Å². The van der Waals surface area contributed by atoms with Gasteiger partial charge in [0.2, 0.25) is 5.13 Å². The summed E-state index contributed by atoms with van der Waals surface area (Å²) in [5.74, 6) is 0.449. The van der Waals surface area contributed by atoms with Gasteiger partial charge in [0.15, 0.2) is 0 Å². The number of anilines is 2. The molecule has 0 bridgehead atoms. The van der Waals surface area contributed by atoms with Gasteiger partial charge in [-0.1, -0.05) is 41.4 Å². The second-order valence-corrected chi connectivity index (χ2v) is 8.70. The normalized spacial score (nSPS) is 14.4. The standard InChI is InChI=1S/C21H20Cl2FN5OS/c22-16-3-1-4-17(23)19(16)26-20(30)28-9-2-10-29(12-11-28)21-25-18(27-31-21)13-14-5-7-15(24)8-6-14/h1,3-8H,2,9-13H2,(H,26,30). The maximum atomic E-state index is 13.1. The maximum absolute atomic E-state index is 13.1. The number of urea groups is 1. The van der Waals surface area contributed by atoms with Gasteiger partial charge in [-0.3, -0.25) is 0 Å². The van der Waals surface area contributed by atoms with E-state index in [2.05, 4.69) is 19.6 Å². The topological polar surface area (TPSA) is 61.4 Å². The molecule has 6 nitrogen and oxygen atoms in total. The third kappa shape index (κ3) is 5.44. The van der Waals surface area contributed by atoms with Gasteiger partial charge < -0.3 is 15.1 Å². The first kappa shape index (κ1) is 21.8. The van der Waals surface area contributed by atoms with E-state index in [-0.39, 0.29) is 11.8 Å². The number of carbonyl (C=O) groups excluding carboxylic acids is 1. The van der Waals surface area contributed by atoms with Crippen LogP contribution in [-0.4, -0.2) is 46.5 Å². The Hall–Kier alpha value is -2.42. The molecule has 0 unspecified atom stereocenters. The largest absolute Gasteiger partial charge is 0.345 e. The Labute approximate surface area is 193 Å². The molecule has 0 saturated carbocycles. The van der Waals surface area contributed by atoms with Gasteiger partial charge in [-0.05, 0) is 36.2 Å². The van der Waals surface area contributed by atoms with Crippen LogP contribution in [0.4, 0.5) is 20.0 Å². The van der Waals surface area contributed by atoms with Gasteiger partial charge in [0.05, 0.1) is 15.7 Å². The highest BCUT2D eigenvalue weighted by molar-refractivity contribution is 7.09. The number of amides is 2. The fourth-order valence-corrected chi connectivity index (χ4v) is 4.57. The lowest BCUT2D eigenvalue weighted by Gasteiger charge is -2.22. The van der Waals surface area contributed by atoms with Crippen LogP contribution in [0.15, 0.2) is 42.5 Å². The van der Waals surface area contributed by atoms with Crippen LogP contribution in [0.5, 0.6) is 0 Å². The number of benzene rings is 2. The Balaban J connectivity index is 1.36. The van der Waals surface area contributed by atoms with Gasteiger partial charge >= 0.3 is 6.03 Å². The van der Waals surface area contributed by atoms with Crippen molar-refractivity contribution in [2.24, 2.45) is 0 Å². The fourth-order valence-electron chi connectivity index (χ4n) is 3.34. The number of para-hydroxylation sites is 1. The Morgan fingerprint density at radius 1 is 1.06 bits per heavy atom. The van der Waals surface area contributed by atoms with Gasteiger partial charge in [0, 0.05) is 44.1 Å². The molecule has 2 amide bonds. The van der Waals surface area contributed by atoms with Crippen LogP contribution in [-0.2, 0) is 6.42 Å². The van der Waals surface area contributed by atoms with Crippen LogP contribution in [0, 0.1) is 5.82 Å². The second kappa shape index (κ2) is 9.80. The van der Waals surface area contributed by atoms with E-state index >= 15 is 0 Å². The summed E-state index contributed by atoms with van der Waals surface area (Å²) in [4.78, 5) is 21.3. The molecule has 1 aliphatic rings. The lowest BCUT2D eigenvalue weighted by atomic mass is 10.1. The van der Waals surface area contributed by atoms with E-state index in [1.165, 1.54) is 23.7 Å². The molecule has 2 aromatic carbocycles. The molecular formula is C21H20Cl2FN5OS. The predicted octanol–water partition coefficient (Wildman–Crippen LogP) is 5.32. The van der Waals surface area contributed by atoms with E-state index < -0.39 is 0 Å². The molecule has 2 heterocycles. The molecule has 1 aromatic heterocycles. The van der Waals surface area contributed by atoms with E-state index in [1.54, 1.807) is 35.2 Å². The predicted molar refractivity (Wildman–Crippen MR) is 123 cm³/mol. The lowest BCUT2D eigenvalue weighted by molar-refractivity contribution is 0.215. The number of hydrogen-bond donors (Lipinski definition) is 1. The van der Waals surface area contributed by atoms with Crippen LogP contribution in [0.1, 0.15) is 17.8 Å². The van der Waals surface area contributed by atoms with Gasteiger partial charge in [-0.15, -0.1) is 0 Å². The summed E-state index contributed by atoms with van der Waals surface area (Å²) >= 11 is 13.7. The lowest BCUT2D eigenvalue weighted by Crippen LogP contribution is -2.38. The van der Waals surface area contributed by atoms with Gasteiger partial charge in [-0.2, -0.15) is 4.37 Å². The minimum Gasteiger partial charge on any atom is -0.345 e. The molecular weight excluding hydrogens is 460 g/mol. The highest BCUT2D eigenvalue weighted by Crippen LogP contribution is 2.30. The molecule has 31 heavy (non-hydrogen) atoms. The summed E-state index contributed by atoms with van der Waals surface area (Å²) in [6.07, 6.45) is 1.36. The van der Waals surface area contributed by atoms with Gasteiger partial charge in [0.1, 0.15) is 11.6 Å². The number of halogens is 3. The number of nitrogens with one attached hydrogen (secondary N) is 1. The first-order valence-electron chi connectivity index (χ1n) is 9.81. The summed E-state index contributed by atoms with van der Waals surface area (Å²) in [6.45, 7) is 2.59. The van der Waals surface area contributed by atoms with E-state index in [4.69, 9.17) is 23.2 Å². The average Bonchev–Trinajstić information content (AvgIpc) is 3.07. The summed E-state index contributed by atoms with van der Waals surface area (Å²) in [5.41, 5.74) is 1.38. The quantitative estimate of drug-likeness (QED) is 0.549. The minimum atomic E-state index is -0.259. The second-order valence-electron chi connectivity index (χ2n) is 7.15. The highest BCUT2D eigenvalue weighted by atomic mass is 35.5. The summed E-state index contributed by atoms with van der Waals surface area (Å²) in [5, 5.41) is 4.45. The Kier molecular flexibility index (Phi) is 6.89.